The van der Waals surface area contributed by atoms with Gasteiger partial charge in [0.05, 0.1) is 18.8 Å². The summed E-state index contributed by atoms with van der Waals surface area (Å²) in [6.07, 6.45) is -0.379. The minimum Gasteiger partial charge on any atom is -0.389 e. The molecule has 5 nitrogen and oxygen atoms in total. The molecule has 3 N–H and O–H groups in total. The van der Waals surface area contributed by atoms with Gasteiger partial charge in [-0.3, -0.25) is 4.79 Å². The van der Waals surface area contributed by atoms with Gasteiger partial charge in [0.2, 0.25) is 0 Å². The summed E-state index contributed by atoms with van der Waals surface area (Å²) in [6.45, 7) is 0.610. The van der Waals surface area contributed by atoms with Crippen LogP contribution in [0, 0.1) is 5.82 Å². The van der Waals surface area contributed by atoms with Crippen LogP contribution in [0.25, 0.3) is 0 Å². The Morgan fingerprint density at radius 2 is 1.93 bits per heavy atom. The number of nitrogens with zero attached hydrogens (tertiary/aromatic N) is 1. The van der Waals surface area contributed by atoms with Crippen molar-refractivity contribution in [3.8, 4) is 0 Å². The molecule has 142 valence electrons. The smallest absolute Gasteiger partial charge is 0.252 e. The summed E-state index contributed by atoms with van der Waals surface area (Å²) in [7, 11) is 0. The molecule has 0 saturated carbocycles. The van der Waals surface area contributed by atoms with Crippen LogP contribution in [-0.2, 0) is 16.0 Å². The van der Waals surface area contributed by atoms with Gasteiger partial charge in [0.1, 0.15) is 11.9 Å². The summed E-state index contributed by atoms with van der Waals surface area (Å²) in [6, 6.07) is 13.5. The van der Waals surface area contributed by atoms with Gasteiger partial charge in [-0.05, 0) is 35.2 Å². The minimum absolute atomic E-state index is 0.0587. The van der Waals surface area contributed by atoms with Crippen molar-refractivity contribution < 1.29 is 19.0 Å². The molecule has 0 bridgehead atoms. The standard InChI is InChI=1S/C21H23FN2O3/c22-15-7-5-14(6-8-15)20-16-4-2-1-3-13(16)9-10-24(20)21(26)19-11-17(23)18(25)12-27-19/h1-8,17-20,25H,9-12,23H2/t17-,18-,19-,20+/m1/s1. The Balaban J connectivity index is 1.68. The predicted octanol–water partition coefficient (Wildman–Crippen LogP) is 1.78. The van der Waals surface area contributed by atoms with E-state index < -0.39 is 18.2 Å². The normalized spacial score (nSPS) is 27.9. The van der Waals surface area contributed by atoms with Crippen molar-refractivity contribution >= 4 is 5.91 Å². The molecule has 6 heteroatoms. The third-order valence-corrected chi connectivity index (χ3v) is 5.48. The van der Waals surface area contributed by atoms with Crippen LogP contribution in [-0.4, -0.2) is 47.3 Å². The quantitative estimate of drug-likeness (QED) is 0.845. The second-order valence-corrected chi connectivity index (χ2v) is 7.22. The Morgan fingerprint density at radius 3 is 2.67 bits per heavy atom. The topological polar surface area (TPSA) is 75.8 Å². The number of rotatable bonds is 2. The number of carbonyl (C=O) groups is 1. The van der Waals surface area contributed by atoms with Crippen LogP contribution in [0.5, 0.6) is 0 Å². The highest BCUT2D eigenvalue weighted by Crippen LogP contribution is 2.36. The Bertz CT molecular complexity index is 826. The summed E-state index contributed by atoms with van der Waals surface area (Å²) in [5.74, 6) is -0.447. The largest absolute Gasteiger partial charge is 0.389 e. The van der Waals surface area contributed by atoms with E-state index in [1.165, 1.54) is 17.7 Å². The first-order valence-electron chi connectivity index (χ1n) is 9.23. The van der Waals surface area contributed by atoms with Crippen LogP contribution in [0.2, 0.25) is 0 Å². The van der Waals surface area contributed by atoms with Crippen LogP contribution in [0.1, 0.15) is 29.2 Å². The summed E-state index contributed by atoms with van der Waals surface area (Å²) in [5, 5.41) is 9.76. The van der Waals surface area contributed by atoms with Crippen LogP contribution in [0.3, 0.4) is 0 Å². The van der Waals surface area contributed by atoms with Crippen molar-refractivity contribution in [3.63, 3.8) is 0 Å². The first kappa shape index (κ1) is 18.1. The molecule has 1 fully saturated rings. The van der Waals surface area contributed by atoms with E-state index in [0.29, 0.717) is 6.54 Å². The molecule has 4 rings (SSSR count). The number of ether oxygens (including phenoxy) is 1. The second-order valence-electron chi connectivity index (χ2n) is 7.22. The van der Waals surface area contributed by atoms with Gasteiger partial charge in [0.25, 0.3) is 5.91 Å². The lowest BCUT2D eigenvalue weighted by Crippen LogP contribution is -2.53. The molecule has 0 radical (unpaired) electrons. The Labute approximate surface area is 157 Å². The van der Waals surface area contributed by atoms with Crippen LogP contribution < -0.4 is 5.73 Å². The molecule has 2 aromatic carbocycles. The van der Waals surface area contributed by atoms with E-state index >= 15 is 0 Å². The zero-order valence-electron chi connectivity index (χ0n) is 14.9. The third-order valence-electron chi connectivity index (χ3n) is 5.48. The van der Waals surface area contributed by atoms with Crippen LogP contribution in [0.15, 0.2) is 48.5 Å². The highest BCUT2D eigenvalue weighted by Gasteiger charge is 2.39. The molecule has 2 aliphatic rings. The highest BCUT2D eigenvalue weighted by molar-refractivity contribution is 5.82. The Hall–Kier alpha value is -2.28. The third kappa shape index (κ3) is 3.48. The van der Waals surface area contributed by atoms with Gasteiger partial charge in [0.15, 0.2) is 0 Å². The fraction of sp³-hybridized carbons (Fsp3) is 0.381. The van der Waals surface area contributed by atoms with Crippen molar-refractivity contribution in [1.29, 1.82) is 0 Å². The molecular formula is C21H23FN2O3. The molecule has 1 amide bonds. The molecule has 0 aliphatic carbocycles. The Kier molecular flexibility index (Phi) is 4.95. The number of hydrogen-bond acceptors (Lipinski definition) is 4. The van der Waals surface area contributed by atoms with E-state index in [-0.39, 0.29) is 30.8 Å². The number of amides is 1. The lowest BCUT2D eigenvalue weighted by molar-refractivity contribution is -0.154. The summed E-state index contributed by atoms with van der Waals surface area (Å²) < 4.78 is 19.0. The fourth-order valence-electron chi connectivity index (χ4n) is 3.98. The number of carbonyl (C=O) groups excluding carboxylic acids is 1. The van der Waals surface area contributed by atoms with E-state index in [1.54, 1.807) is 17.0 Å². The van der Waals surface area contributed by atoms with Gasteiger partial charge >= 0.3 is 0 Å². The molecule has 1 saturated heterocycles. The monoisotopic (exact) mass is 370 g/mol. The average Bonchev–Trinajstić information content (AvgIpc) is 2.69. The van der Waals surface area contributed by atoms with Crippen molar-refractivity contribution in [1.82, 2.24) is 4.90 Å². The van der Waals surface area contributed by atoms with Gasteiger partial charge in [-0.15, -0.1) is 0 Å². The van der Waals surface area contributed by atoms with E-state index in [0.717, 1.165) is 17.5 Å². The number of aliphatic hydroxyl groups excluding tert-OH is 1. The van der Waals surface area contributed by atoms with E-state index in [1.807, 2.05) is 18.2 Å². The second kappa shape index (κ2) is 7.38. The maximum Gasteiger partial charge on any atom is 0.252 e. The van der Waals surface area contributed by atoms with Crippen LogP contribution in [0.4, 0.5) is 4.39 Å². The van der Waals surface area contributed by atoms with Crippen molar-refractivity contribution in [2.75, 3.05) is 13.2 Å². The summed E-state index contributed by atoms with van der Waals surface area (Å²) >= 11 is 0. The molecule has 2 aromatic rings. The summed E-state index contributed by atoms with van der Waals surface area (Å²) in [4.78, 5) is 15.1. The lowest BCUT2D eigenvalue weighted by atomic mass is 9.87. The summed E-state index contributed by atoms with van der Waals surface area (Å²) in [5.41, 5.74) is 9.02. The van der Waals surface area contributed by atoms with Crippen molar-refractivity contribution in [2.24, 2.45) is 5.73 Å². The molecule has 2 aliphatic heterocycles. The maximum atomic E-state index is 13.4. The van der Waals surface area contributed by atoms with E-state index in [9.17, 15) is 14.3 Å². The first-order valence-corrected chi connectivity index (χ1v) is 9.23. The first-order chi connectivity index (χ1) is 13.0. The van der Waals surface area contributed by atoms with Crippen molar-refractivity contribution in [2.45, 2.75) is 37.1 Å². The molecule has 27 heavy (non-hydrogen) atoms. The van der Waals surface area contributed by atoms with E-state index in [4.69, 9.17) is 10.5 Å². The zero-order valence-corrected chi connectivity index (χ0v) is 14.9. The minimum atomic E-state index is -0.746. The number of hydrogen-bond donors (Lipinski definition) is 2. The molecule has 4 atom stereocenters. The van der Waals surface area contributed by atoms with Gasteiger partial charge in [-0.1, -0.05) is 36.4 Å². The number of fused-ring (bicyclic) bond motifs is 1. The number of aliphatic hydroxyl groups is 1. The highest BCUT2D eigenvalue weighted by atomic mass is 19.1. The lowest BCUT2D eigenvalue weighted by Gasteiger charge is -2.41. The van der Waals surface area contributed by atoms with E-state index in [2.05, 4.69) is 6.07 Å². The fourth-order valence-corrected chi connectivity index (χ4v) is 3.98. The van der Waals surface area contributed by atoms with Crippen molar-refractivity contribution in [3.05, 3.63) is 71.0 Å². The van der Waals surface area contributed by atoms with Gasteiger partial charge in [-0.2, -0.15) is 0 Å². The predicted molar refractivity (Wildman–Crippen MR) is 98.4 cm³/mol. The van der Waals surface area contributed by atoms with Gasteiger partial charge in [-0.25, -0.2) is 4.39 Å². The van der Waals surface area contributed by atoms with Gasteiger partial charge < -0.3 is 20.5 Å². The molecule has 2 heterocycles. The average molecular weight is 370 g/mol. The molecule has 0 unspecified atom stereocenters. The number of benzene rings is 2. The van der Waals surface area contributed by atoms with Crippen LogP contribution >= 0.6 is 0 Å². The molecule has 0 aromatic heterocycles. The Morgan fingerprint density at radius 1 is 1.19 bits per heavy atom. The molecular weight excluding hydrogens is 347 g/mol. The number of halogens is 1. The molecule has 0 spiro atoms. The van der Waals surface area contributed by atoms with Gasteiger partial charge in [0, 0.05) is 19.0 Å². The zero-order chi connectivity index (χ0) is 19.0. The number of nitrogens with two attached hydrogens (primary N) is 1. The maximum absolute atomic E-state index is 13.4. The SMILES string of the molecule is N[C@@H]1C[C@H](C(=O)N2CCc3ccccc3[C@@H]2c2ccc(F)cc2)OC[C@H]1O.